The highest BCUT2D eigenvalue weighted by atomic mass is 35.5. The van der Waals surface area contributed by atoms with Crippen LogP contribution in [0.4, 0.5) is 0 Å². The Bertz CT molecular complexity index is 478. The van der Waals surface area contributed by atoms with Crippen molar-refractivity contribution in [2.45, 2.75) is 11.3 Å². The summed E-state index contributed by atoms with van der Waals surface area (Å²) < 4.78 is 14.1. The van der Waals surface area contributed by atoms with Gasteiger partial charge < -0.3 is 9.66 Å². The summed E-state index contributed by atoms with van der Waals surface area (Å²) in [7, 11) is 0. The van der Waals surface area contributed by atoms with Gasteiger partial charge in [0, 0.05) is 25.6 Å². The first-order valence-electron chi connectivity index (χ1n) is 5.63. The summed E-state index contributed by atoms with van der Waals surface area (Å²) in [5.74, 6) is 0.186. The number of benzene rings is 1. The fourth-order valence-corrected chi connectivity index (χ4v) is 3.63. The topological polar surface area (TPSA) is 70.3 Å². The standard InChI is InChI=1S/C12H13ClN2O2S/c13-11-5-9(6-14)1-2-12(11)18(17)15-4-3-10(7-15)8-16/h1-2,5,10,16H,3-4,7-8H2. The van der Waals surface area contributed by atoms with E-state index in [9.17, 15) is 4.55 Å². The Morgan fingerprint density at radius 1 is 1.61 bits per heavy atom. The van der Waals surface area contributed by atoms with Crippen molar-refractivity contribution in [3.8, 4) is 6.07 Å². The number of nitrogens with zero attached hydrogens (tertiary/aromatic N) is 2. The Morgan fingerprint density at radius 2 is 2.39 bits per heavy atom. The molecule has 0 radical (unpaired) electrons. The summed E-state index contributed by atoms with van der Waals surface area (Å²) in [6.07, 6.45) is 0.843. The molecular weight excluding hydrogens is 272 g/mol. The SMILES string of the molecule is N#Cc1ccc([S+]([O-])N2CCC(CO)C2)c(Cl)c1. The van der Waals surface area contributed by atoms with Gasteiger partial charge in [0.05, 0.1) is 28.0 Å². The van der Waals surface area contributed by atoms with Gasteiger partial charge in [-0.1, -0.05) is 11.6 Å². The van der Waals surface area contributed by atoms with E-state index in [2.05, 4.69) is 0 Å². The van der Waals surface area contributed by atoms with Gasteiger partial charge in [0.25, 0.3) is 0 Å². The number of nitriles is 1. The third-order valence-electron chi connectivity index (χ3n) is 2.99. The van der Waals surface area contributed by atoms with Crippen molar-refractivity contribution >= 4 is 23.0 Å². The van der Waals surface area contributed by atoms with Gasteiger partial charge in [0.2, 0.25) is 0 Å². The summed E-state index contributed by atoms with van der Waals surface area (Å²) in [4.78, 5) is 0.522. The van der Waals surface area contributed by atoms with Crippen LogP contribution in [0.5, 0.6) is 0 Å². The largest absolute Gasteiger partial charge is 0.593 e. The second kappa shape index (κ2) is 5.91. The van der Waals surface area contributed by atoms with E-state index in [0.717, 1.165) is 6.42 Å². The van der Waals surface area contributed by atoms with Crippen molar-refractivity contribution in [3.05, 3.63) is 28.8 Å². The molecular formula is C12H13ClN2O2S. The van der Waals surface area contributed by atoms with Gasteiger partial charge >= 0.3 is 0 Å². The van der Waals surface area contributed by atoms with E-state index in [1.165, 1.54) is 6.07 Å². The van der Waals surface area contributed by atoms with Gasteiger partial charge in [0.15, 0.2) is 4.90 Å². The number of hydrogen-bond donors (Lipinski definition) is 1. The minimum atomic E-state index is -1.32. The lowest BCUT2D eigenvalue weighted by Gasteiger charge is -2.20. The number of hydrogen-bond acceptors (Lipinski definition) is 4. The molecule has 1 N–H and O–H groups in total. The van der Waals surface area contributed by atoms with Crippen LogP contribution >= 0.6 is 11.6 Å². The van der Waals surface area contributed by atoms with E-state index >= 15 is 0 Å². The molecule has 6 heteroatoms. The maximum atomic E-state index is 12.3. The van der Waals surface area contributed by atoms with Gasteiger partial charge in [-0.15, -0.1) is 4.31 Å². The lowest BCUT2D eigenvalue weighted by atomic mass is 10.1. The van der Waals surface area contributed by atoms with Crippen LogP contribution < -0.4 is 0 Å². The lowest BCUT2D eigenvalue weighted by Crippen LogP contribution is -2.29. The molecule has 2 unspecified atom stereocenters. The fraction of sp³-hybridized carbons (Fsp3) is 0.417. The first-order valence-corrected chi connectivity index (χ1v) is 7.11. The van der Waals surface area contributed by atoms with E-state index in [-0.39, 0.29) is 12.5 Å². The van der Waals surface area contributed by atoms with Gasteiger partial charge in [0.1, 0.15) is 0 Å². The molecule has 1 aliphatic heterocycles. The quantitative estimate of drug-likeness (QED) is 0.855. The third kappa shape index (κ3) is 2.79. The zero-order valence-corrected chi connectivity index (χ0v) is 11.2. The zero-order valence-electron chi connectivity index (χ0n) is 9.67. The highest BCUT2D eigenvalue weighted by Gasteiger charge is 2.32. The maximum absolute atomic E-state index is 12.3. The van der Waals surface area contributed by atoms with Crippen molar-refractivity contribution < 1.29 is 9.66 Å². The molecule has 2 rings (SSSR count). The molecule has 1 aromatic rings. The molecule has 0 spiro atoms. The second-order valence-electron chi connectivity index (χ2n) is 4.23. The van der Waals surface area contributed by atoms with E-state index in [1.807, 2.05) is 6.07 Å². The van der Waals surface area contributed by atoms with Crippen LogP contribution in [-0.2, 0) is 11.4 Å². The molecule has 1 heterocycles. The highest BCUT2D eigenvalue weighted by molar-refractivity contribution is 7.89. The van der Waals surface area contributed by atoms with Crippen molar-refractivity contribution in [2.24, 2.45) is 5.92 Å². The molecule has 18 heavy (non-hydrogen) atoms. The second-order valence-corrected chi connectivity index (χ2v) is 6.09. The van der Waals surface area contributed by atoms with E-state index in [4.69, 9.17) is 22.0 Å². The van der Waals surface area contributed by atoms with Crippen molar-refractivity contribution in [2.75, 3.05) is 19.7 Å². The number of aliphatic hydroxyl groups excluding tert-OH is 1. The van der Waals surface area contributed by atoms with E-state index in [1.54, 1.807) is 16.4 Å². The minimum Gasteiger partial charge on any atom is -0.593 e. The average molecular weight is 285 g/mol. The van der Waals surface area contributed by atoms with Gasteiger partial charge in [-0.2, -0.15) is 5.26 Å². The number of rotatable bonds is 3. The van der Waals surface area contributed by atoms with Crippen LogP contribution in [0.15, 0.2) is 23.1 Å². The predicted molar refractivity (Wildman–Crippen MR) is 69.3 cm³/mol. The summed E-state index contributed by atoms with van der Waals surface area (Å²) in [5.41, 5.74) is 0.454. The molecule has 2 atom stereocenters. The summed E-state index contributed by atoms with van der Waals surface area (Å²) in [6.45, 7) is 1.42. The first kappa shape index (κ1) is 13.7. The van der Waals surface area contributed by atoms with Crippen LogP contribution in [0.2, 0.25) is 5.02 Å². The Balaban J connectivity index is 2.14. The van der Waals surface area contributed by atoms with Crippen LogP contribution in [0.25, 0.3) is 0 Å². The zero-order chi connectivity index (χ0) is 13.1. The highest BCUT2D eigenvalue weighted by Crippen LogP contribution is 2.29. The smallest absolute Gasteiger partial charge is 0.192 e. The van der Waals surface area contributed by atoms with Crippen LogP contribution in [0, 0.1) is 17.2 Å². The molecule has 1 saturated heterocycles. The summed E-state index contributed by atoms with van der Waals surface area (Å²) in [6, 6.07) is 6.75. The molecule has 96 valence electrons. The third-order valence-corrected chi connectivity index (χ3v) is 4.95. The number of aliphatic hydroxyl groups is 1. The lowest BCUT2D eigenvalue weighted by molar-refractivity contribution is 0.233. The Morgan fingerprint density at radius 3 is 2.94 bits per heavy atom. The molecule has 4 nitrogen and oxygen atoms in total. The van der Waals surface area contributed by atoms with Gasteiger partial charge in [-0.05, 0) is 24.6 Å². The van der Waals surface area contributed by atoms with Crippen molar-refractivity contribution in [3.63, 3.8) is 0 Å². The van der Waals surface area contributed by atoms with Crippen LogP contribution in [0.3, 0.4) is 0 Å². The molecule has 1 aromatic carbocycles. The van der Waals surface area contributed by atoms with Gasteiger partial charge in [-0.25, -0.2) is 0 Å². The molecule has 0 aromatic heterocycles. The molecule has 0 amide bonds. The molecule has 1 fully saturated rings. The maximum Gasteiger partial charge on any atom is 0.192 e. The van der Waals surface area contributed by atoms with E-state index < -0.39 is 11.4 Å². The fourth-order valence-electron chi connectivity index (χ4n) is 1.95. The van der Waals surface area contributed by atoms with Crippen LogP contribution in [-0.4, -0.2) is 33.7 Å². The molecule has 0 bridgehead atoms. The predicted octanol–water partition coefficient (Wildman–Crippen LogP) is 1.55. The normalized spacial score (nSPS) is 21.8. The summed E-state index contributed by atoms with van der Waals surface area (Å²) >= 11 is 4.71. The Kier molecular flexibility index (Phi) is 4.49. The Hall–Kier alpha value is -0.770. The average Bonchev–Trinajstić information content (AvgIpc) is 2.86. The van der Waals surface area contributed by atoms with Crippen molar-refractivity contribution in [1.82, 2.24) is 4.31 Å². The van der Waals surface area contributed by atoms with E-state index in [0.29, 0.717) is 28.6 Å². The molecule has 0 aliphatic carbocycles. The number of halogens is 1. The van der Waals surface area contributed by atoms with Gasteiger partial charge in [-0.3, -0.25) is 0 Å². The molecule has 1 aliphatic rings. The minimum absolute atomic E-state index is 0.120. The Labute approximate surface area is 114 Å². The first-order chi connectivity index (χ1) is 8.65. The van der Waals surface area contributed by atoms with Crippen LogP contribution in [0.1, 0.15) is 12.0 Å². The molecule has 0 saturated carbocycles. The summed E-state index contributed by atoms with van der Waals surface area (Å²) in [5, 5.41) is 18.2. The van der Waals surface area contributed by atoms with Crippen molar-refractivity contribution in [1.29, 1.82) is 5.26 Å². The monoisotopic (exact) mass is 284 g/mol.